The van der Waals surface area contributed by atoms with Crippen molar-refractivity contribution in [3.8, 4) is 0 Å². The van der Waals surface area contributed by atoms with E-state index in [-0.39, 0.29) is 6.03 Å². The molecule has 2 aliphatic rings. The number of carbonyl (C=O) groups excluding carboxylic acids is 1. The number of carbonyl (C=O) groups is 1. The van der Waals surface area contributed by atoms with Crippen LogP contribution in [-0.4, -0.2) is 54.4 Å². The number of nitrogens with zero attached hydrogens (tertiary/aromatic N) is 1. The Morgan fingerprint density at radius 1 is 1.18 bits per heavy atom. The van der Waals surface area contributed by atoms with E-state index in [1.54, 1.807) is 0 Å². The van der Waals surface area contributed by atoms with Crippen molar-refractivity contribution in [2.45, 2.75) is 63.9 Å². The van der Waals surface area contributed by atoms with Crippen LogP contribution in [0.25, 0.3) is 0 Å². The number of rotatable bonds is 7. The first-order chi connectivity index (χ1) is 10.6. The summed E-state index contributed by atoms with van der Waals surface area (Å²) in [5.74, 6) is 0.885. The SMILES string of the molecule is CC1CCN(CCCCNC(=O)NCC2(O)CCCC2)CC1. The van der Waals surface area contributed by atoms with Crippen molar-refractivity contribution in [1.82, 2.24) is 15.5 Å². The molecule has 0 unspecified atom stereocenters. The van der Waals surface area contributed by atoms with E-state index in [0.717, 1.165) is 51.0 Å². The minimum Gasteiger partial charge on any atom is -0.388 e. The number of piperidine rings is 1. The van der Waals surface area contributed by atoms with E-state index in [1.807, 2.05) is 0 Å². The Morgan fingerprint density at radius 2 is 1.86 bits per heavy atom. The monoisotopic (exact) mass is 311 g/mol. The fourth-order valence-corrected chi connectivity index (χ4v) is 3.47. The normalized spacial score (nSPS) is 22.6. The first-order valence-electron chi connectivity index (χ1n) is 9.04. The van der Waals surface area contributed by atoms with Crippen LogP contribution < -0.4 is 10.6 Å². The maximum Gasteiger partial charge on any atom is 0.314 e. The maximum atomic E-state index is 11.7. The minimum absolute atomic E-state index is 0.146. The van der Waals surface area contributed by atoms with Gasteiger partial charge in [-0.25, -0.2) is 4.79 Å². The highest BCUT2D eigenvalue weighted by molar-refractivity contribution is 5.73. The van der Waals surface area contributed by atoms with Gasteiger partial charge in [0, 0.05) is 13.1 Å². The summed E-state index contributed by atoms with van der Waals surface area (Å²) < 4.78 is 0. The van der Waals surface area contributed by atoms with Crippen molar-refractivity contribution < 1.29 is 9.90 Å². The van der Waals surface area contributed by atoms with Gasteiger partial charge in [0.05, 0.1) is 5.60 Å². The molecule has 2 fully saturated rings. The lowest BCUT2D eigenvalue weighted by Gasteiger charge is -2.30. The second kappa shape index (κ2) is 8.73. The Hall–Kier alpha value is -0.810. The van der Waals surface area contributed by atoms with Crippen LogP contribution in [0.2, 0.25) is 0 Å². The molecule has 0 atom stereocenters. The van der Waals surface area contributed by atoms with Gasteiger partial charge in [0.25, 0.3) is 0 Å². The average molecular weight is 311 g/mol. The van der Waals surface area contributed by atoms with E-state index in [2.05, 4.69) is 22.5 Å². The third-order valence-corrected chi connectivity index (χ3v) is 5.18. The molecule has 22 heavy (non-hydrogen) atoms. The van der Waals surface area contributed by atoms with Gasteiger partial charge < -0.3 is 20.6 Å². The number of unbranched alkanes of at least 4 members (excludes halogenated alkanes) is 1. The summed E-state index contributed by atoms with van der Waals surface area (Å²) in [6, 6.07) is -0.146. The molecule has 0 aromatic heterocycles. The van der Waals surface area contributed by atoms with Gasteiger partial charge in [0.1, 0.15) is 0 Å². The molecule has 5 heteroatoms. The van der Waals surface area contributed by atoms with Crippen molar-refractivity contribution in [2.75, 3.05) is 32.7 Å². The topological polar surface area (TPSA) is 64.6 Å². The standard InChI is InChI=1S/C17H33N3O2/c1-15-6-12-20(13-7-15)11-5-4-10-18-16(21)19-14-17(22)8-2-3-9-17/h15,22H,2-14H2,1H3,(H2,18,19,21). The molecule has 0 bridgehead atoms. The lowest BCUT2D eigenvalue weighted by Crippen LogP contribution is -2.45. The molecule has 0 spiro atoms. The summed E-state index contributed by atoms with van der Waals surface area (Å²) in [6.07, 6.45) is 8.54. The van der Waals surface area contributed by atoms with Crippen molar-refractivity contribution in [3.05, 3.63) is 0 Å². The fourth-order valence-electron chi connectivity index (χ4n) is 3.47. The van der Waals surface area contributed by atoms with Gasteiger partial charge in [-0.15, -0.1) is 0 Å². The zero-order chi connectivity index (χ0) is 15.8. The third kappa shape index (κ3) is 6.13. The Bertz CT molecular complexity index is 335. The molecular formula is C17H33N3O2. The average Bonchev–Trinajstić information content (AvgIpc) is 2.94. The molecule has 1 aliphatic carbocycles. The molecule has 5 nitrogen and oxygen atoms in total. The predicted molar refractivity (Wildman–Crippen MR) is 88.9 cm³/mol. The number of nitrogens with one attached hydrogen (secondary N) is 2. The second-order valence-electron chi connectivity index (χ2n) is 7.27. The van der Waals surface area contributed by atoms with E-state index in [0.29, 0.717) is 13.1 Å². The van der Waals surface area contributed by atoms with Gasteiger partial charge in [-0.2, -0.15) is 0 Å². The van der Waals surface area contributed by atoms with Gasteiger partial charge >= 0.3 is 6.03 Å². The van der Waals surface area contributed by atoms with E-state index in [1.165, 1.54) is 25.9 Å². The summed E-state index contributed by atoms with van der Waals surface area (Å²) in [5, 5.41) is 15.9. The molecule has 0 radical (unpaired) electrons. The number of urea groups is 1. The van der Waals surface area contributed by atoms with Crippen LogP contribution in [-0.2, 0) is 0 Å². The van der Waals surface area contributed by atoms with Crippen LogP contribution in [0.3, 0.4) is 0 Å². The first-order valence-corrected chi connectivity index (χ1v) is 9.04. The largest absolute Gasteiger partial charge is 0.388 e. The highest BCUT2D eigenvalue weighted by atomic mass is 16.3. The van der Waals surface area contributed by atoms with E-state index < -0.39 is 5.60 Å². The summed E-state index contributed by atoms with van der Waals surface area (Å²) in [4.78, 5) is 14.2. The van der Waals surface area contributed by atoms with Crippen molar-refractivity contribution >= 4 is 6.03 Å². The number of amides is 2. The third-order valence-electron chi connectivity index (χ3n) is 5.18. The molecule has 1 saturated heterocycles. The summed E-state index contributed by atoms with van der Waals surface area (Å²) in [7, 11) is 0. The van der Waals surface area contributed by atoms with Crippen LogP contribution in [0.15, 0.2) is 0 Å². The molecular weight excluding hydrogens is 278 g/mol. The molecule has 2 amide bonds. The molecule has 2 rings (SSSR count). The Labute approximate surface area is 134 Å². The van der Waals surface area contributed by atoms with Crippen LogP contribution in [0.1, 0.15) is 58.3 Å². The molecule has 1 saturated carbocycles. The number of hydrogen-bond donors (Lipinski definition) is 3. The van der Waals surface area contributed by atoms with Crippen molar-refractivity contribution in [1.29, 1.82) is 0 Å². The van der Waals surface area contributed by atoms with Gasteiger partial charge in [0.15, 0.2) is 0 Å². The van der Waals surface area contributed by atoms with Gasteiger partial charge in [-0.1, -0.05) is 19.8 Å². The smallest absolute Gasteiger partial charge is 0.314 e. The van der Waals surface area contributed by atoms with Crippen molar-refractivity contribution in [2.24, 2.45) is 5.92 Å². The summed E-state index contributed by atoms with van der Waals surface area (Å²) in [6.45, 7) is 7.04. The Morgan fingerprint density at radius 3 is 2.55 bits per heavy atom. The second-order valence-corrected chi connectivity index (χ2v) is 7.27. The lowest BCUT2D eigenvalue weighted by atomic mass is 9.99. The van der Waals surface area contributed by atoms with Gasteiger partial charge in [-0.05, 0) is 64.1 Å². The highest BCUT2D eigenvalue weighted by Gasteiger charge is 2.31. The summed E-state index contributed by atoms with van der Waals surface area (Å²) in [5.41, 5.74) is -0.664. The van der Waals surface area contributed by atoms with Crippen molar-refractivity contribution in [3.63, 3.8) is 0 Å². The summed E-state index contributed by atoms with van der Waals surface area (Å²) >= 11 is 0. The maximum absolute atomic E-state index is 11.7. The van der Waals surface area contributed by atoms with Crippen LogP contribution >= 0.6 is 0 Å². The number of hydrogen-bond acceptors (Lipinski definition) is 3. The Balaban J connectivity index is 1.45. The predicted octanol–water partition coefficient (Wildman–Crippen LogP) is 2.10. The molecule has 0 aromatic rings. The van der Waals surface area contributed by atoms with E-state index >= 15 is 0 Å². The lowest BCUT2D eigenvalue weighted by molar-refractivity contribution is 0.0501. The van der Waals surface area contributed by atoms with Crippen LogP contribution in [0.5, 0.6) is 0 Å². The number of likely N-dealkylation sites (tertiary alicyclic amines) is 1. The molecule has 1 aliphatic heterocycles. The molecule has 128 valence electrons. The van der Waals surface area contributed by atoms with Crippen LogP contribution in [0.4, 0.5) is 4.79 Å². The van der Waals surface area contributed by atoms with E-state index in [9.17, 15) is 9.90 Å². The number of aliphatic hydroxyl groups is 1. The first kappa shape index (κ1) is 17.5. The van der Waals surface area contributed by atoms with Gasteiger partial charge in [0.2, 0.25) is 0 Å². The Kier molecular flexibility index (Phi) is 6.96. The van der Waals surface area contributed by atoms with E-state index in [4.69, 9.17) is 0 Å². The minimum atomic E-state index is -0.664. The van der Waals surface area contributed by atoms with Crippen LogP contribution in [0, 0.1) is 5.92 Å². The highest BCUT2D eigenvalue weighted by Crippen LogP contribution is 2.28. The fraction of sp³-hybridized carbons (Fsp3) is 0.941. The zero-order valence-electron chi connectivity index (χ0n) is 14.1. The molecule has 0 aromatic carbocycles. The quantitative estimate of drug-likeness (QED) is 0.631. The zero-order valence-corrected chi connectivity index (χ0v) is 14.1. The van der Waals surface area contributed by atoms with Gasteiger partial charge in [-0.3, -0.25) is 0 Å². The molecule has 1 heterocycles. The molecule has 3 N–H and O–H groups in total.